The zero-order valence-electron chi connectivity index (χ0n) is 14.0. The first-order chi connectivity index (χ1) is 9.81. The van der Waals surface area contributed by atoms with E-state index in [2.05, 4.69) is 24.5 Å². The van der Waals surface area contributed by atoms with Crippen molar-refractivity contribution in [1.29, 1.82) is 0 Å². The van der Waals surface area contributed by atoms with Gasteiger partial charge in [-0.05, 0) is 38.8 Å². The maximum absolute atomic E-state index is 12.1. The fourth-order valence-electron chi connectivity index (χ4n) is 2.00. The van der Waals surface area contributed by atoms with E-state index >= 15 is 0 Å². The highest BCUT2D eigenvalue weighted by Crippen LogP contribution is 2.10. The number of aryl methyl sites for hydroxylation is 1. The number of carbonyl (C=O) groups is 1. The van der Waals surface area contributed by atoms with Gasteiger partial charge in [-0.25, -0.2) is 4.79 Å². The van der Waals surface area contributed by atoms with Gasteiger partial charge < -0.3 is 19.5 Å². The van der Waals surface area contributed by atoms with Gasteiger partial charge >= 0.3 is 6.09 Å². The van der Waals surface area contributed by atoms with Crippen molar-refractivity contribution in [3.63, 3.8) is 0 Å². The number of nitrogens with one attached hydrogen (secondary N) is 1. The number of ether oxygens (including phenoxy) is 1. The molecule has 0 aliphatic rings. The maximum atomic E-state index is 12.1. The fourth-order valence-corrected chi connectivity index (χ4v) is 2.00. The van der Waals surface area contributed by atoms with Crippen LogP contribution in [0.4, 0.5) is 4.79 Å². The largest absolute Gasteiger partial charge is 0.444 e. The van der Waals surface area contributed by atoms with Crippen molar-refractivity contribution < 1.29 is 9.53 Å². The Morgan fingerprint density at radius 2 is 2.10 bits per heavy atom. The molecule has 5 nitrogen and oxygen atoms in total. The fraction of sp³-hybridized carbons (Fsp3) is 0.688. The molecule has 0 unspecified atom stereocenters. The van der Waals surface area contributed by atoms with Crippen LogP contribution in [0, 0.1) is 0 Å². The number of amides is 1. The van der Waals surface area contributed by atoms with Gasteiger partial charge in [-0.15, -0.1) is 0 Å². The van der Waals surface area contributed by atoms with Crippen molar-refractivity contribution in [1.82, 2.24) is 14.8 Å². The number of hydrogen-bond donors (Lipinski definition) is 1. The van der Waals surface area contributed by atoms with E-state index in [1.807, 2.05) is 38.6 Å². The SMILES string of the molecule is CCCN(CCNCc1ccn(C)c1)C(=O)OC(C)(C)C. The van der Waals surface area contributed by atoms with Crippen molar-refractivity contribution in [3.8, 4) is 0 Å². The summed E-state index contributed by atoms with van der Waals surface area (Å²) in [7, 11) is 2.01. The summed E-state index contributed by atoms with van der Waals surface area (Å²) in [4.78, 5) is 13.9. The zero-order chi connectivity index (χ0) is 15.9. The van der Waals surface area contributed by atoms with Crippen molar-refractivity contribution in [2.45, 2.75) is 46.3 Å². The first kappa shape index (κ1) is 17.6. The summed E-state index contributed by atoms with van der Waals surface area (Å²) >= 11 is 0. The molecule has 1 rings (SSSR count). The third-order valence-corrected chi connectivity index (χ3v) is 2.93. The number of nitrogens with zero attached hydrogens (tertiary/aromatic N) is 2. The molecule has 5 heteroatoms. The van der Waals surface area contributed by atoms with Crippen molar-refractivity contribution in [3.05, 3.63) is 24.0 Å². The van der Waals surface area contributed by atoms with Gasteiger partial charge in [0.05, 0.1) is 0 Å². The van der Waals surface area contributed by atoms with Gasteiger partial charge in [-0.2, -0.15) is 0 Å². The minimum Gasteiger partial charge on any atom is -0.444 e. The molecule has 1 heterocycles. The first-order valence-electron chi connectivity index (χ1n) is 7.61. The van der Waals surface area contributed by atoms with E-state index in [0.29, 0.717) is 6.54 Å². The smallest absolute Gasteiger partial charge is 0.410 e. The Morgan fingerprint density at radius 1 is 1.38 bits per heavy atom. The summed E-state index contributed by atoms with van der Waals surface area (Å²) in [5, 5.41) is 3.36. The van der Waals surface area contributed by atoms with Gasteiger partial charge in [-0.3, -0.25) is 0 Å². The lowest BCUT2D eigenvalue weighted by atomic mass is 10.2. The normalized spacial score (nSPS) is 11.5. The van der Waals surface area contributed by atoms with E-state index in [1.165, 1.54) is 5.56 Å². The molecule has 0 bridgehead atoms. The second-order valence-electron chi connectivity index (χ2n) is 6.33. The maximum Gasteiger partial charge on any atom is 0.410 e. The zero-order valence-corrected chi connectivity index (χ0v) is 14.0. The molecular weight excluding hydrogens is 266 g/mol. The third kappa shape index (κ3) is 7.18. The molecule has 1 N–H and O–H groups in total. The molecule has 0 aliphatic heterocycles. The topological polar surface area (TPSA) is 46.5 Å². The minimum atomic E-state index is -0.444. The predicted octanol–water partition coefficient (Wildman–Crippen LogP) is 2.76. The number of hydrogen-bond acceptors (Lipinski definition) is 3. The lowest BCUT2D eigenvalue weighted by Crippen LogP contribution is -2.40. The molecule has 120 valence electrons. The average molecular weight is 295 g/mol. The molecule has 1 aromatic heterocycles. The second-order valence-corrected chi connectivity index (χ2v) is 6.33. The van der Waals surface area contributed by atoms with Crippen LogP contribution in [0.2, 0.25) is 0 Å². The highest BCUT2D eigenvalue weighted by Gasteiger charge is 2.21. The second kappa shape index (κ2) is 8.08. The van der Waals surface area contributed by atoms with Gasteiger partial charge in [0.1, 0.15) is 5.60 Å². The van der Waals surface area contributed by atoms with Crippen molar-refractivity contribution in [2.75, 3.05) is 19.6 Å². The first-order valence-corrected chi connectivity index (χ1v) is 7.61. The lowest BCUT2D eigenvalue weighted by Gasteiger charge is -2.27. The van der Waals surface area contributed by atoms with Crippen LogP contribution < -0.4 is 5.32 Å². The summed E-state index contributed by atoms with van der Waals surface area (Å²) in [6.07, 6.45) is 4.81. The van der Waals surface area contributed by atoms with Crippen LogP contribution in [0.1, 0.15) is 39.7 Å². The van der Waals surface area contributed by atoms with Crippen LogP contribution >= 0.6 is 0 Å². The quantitative estimate of drug-likeness (QED) is 0.787. The molecule has 0 spiro atoms. The van der Waals surface area contributed by atoms with Gasteiger partial charge in [0.25, 0.3) is 0 Å². The van der Waals surface area contributed by atoms with Crippen LogP contribution in [0.25, 0.3) is 0 Å². The Kier molecular flexibility index (Phi) is 6.75. The van der Waals surface area contributed by atoms with Gasteiger partial charge in [-0.1, -0.05) is 6.92 Å². The predicted molar refractivity (Wildman–Crippen MR) is 85.2 cm³/mol. The summed E-state index contributed by atoms with van der Waals surface area (Å²) < 4.78 is 7.46. The number of aromatic nitrogens is 1. The van der Waals surface area contributed by atoms with E-state index in [0.717, 1.165) is 26.1 Å². The van der Waals surface area contributed by atoms with E-state index in [1.54, 1.807) is 4.90 Å². The molecule has 0 saturated heterocycles. The Balaban J connectivity index is 2.35. The standard InChI is InChI=1S/C16H29N3O2/c1-6-9-19(15(20)21-16(2,3)4)11-8-17-12-14-7-10-18(5)13-14/h7,10,13,17H,6,8-9,11-12H2,1-5H3. The van der Waals surface area contributed by atoms with E-state index < -0.39 is 5.60 Å². The molecule has 1 amide bonds. The Morgan fingerprint density at radius 3 is 2.62 bits per heavy atom. The molecular formula is C16H29N3O2. The van der Waals surface area contributed by atoms with Crippen LogP contribution in [0.5, 0.6) is 0 Å². The molecule has 0 saturated carbocycles. The highest BCUT2D eigenvalue weighted by atomic mass is 16.6. The summed E-state index contributed by atoms with van der Waals surface area (Å²) in [5.74, 6) is 0. The van der Waals surface area contributed by atoms with E-state index in [4.69, 9.17) is 4.74 Å². The van der Waals surface area contributed by atoms with Crippen LogP contribution in [0.15, 0.2) is 18.5 Å². The van der Waals surface area contributed by atoms with E-state index in [-0.39, 0.29) is 6.09 Å². The van der Waals surface area contributed by atoms with Crippen LogP contribution in [-0.2, 0) is 18.3 Å². The molecule has 0 fully saturated rings. The van der Waals surface area contributed by atoms with Gasteiger partial charge in [0, 0.05) is 45.6 Å². The monoisotopic (exact) mass is 295 g/mol. The number of carbonyl (C=O) groups excluding carboxylic acids is 1. The average Bonchev–Trinajstić information content (AvgIpc) is 2.77. The third-order valence-electron chi connectivity index (χ3n) is 2.93. The Labute approximate surface area is 128 Å². The van der Waals surface area contributed by atoms with E-state index in [9.17, 15) is 4.79 Å². The molecule has 0 aromatic carbocycles. The summed E-state index contributed by atoms with van der Waals surface area (Å²) in [6, 6.07) is 2.09. The Bertz CT molecular complexity index is 435. The van der Waals surface area contributed by atoms with Crippen molar-refractivity contribution >= 4 is 6.09 Å². The summed E-state index contributed by atoms with van der Waals surface area (Å²) in [6.45, 7) is 10.7. The van der Waals surface area contributed by atoms with Gasteiger partial charge in [0.2, 0.25) is 0 Å². The molecule has 21 heavy (non-hydrogen) atoms. The summed E-state index contributed by atoms with van der Waals surface area (Å²) in [5.41, 5.74) is 0.803. The molecule has 1 aromatic rings. The van der Waals surface area contributed by atoms with Crippen LogP contribution in [0.3, 0.4) is 0 Å². The Hall–Kier alpha value is -1.49. The molecule has 0 atom stereocenters. The highest BCUT2D eigenvalue weighted by molar-refractivity contribution is 5.68. The van der Waals surface area contributed by atoms with Gasteiger partial charge in [0.15, 0.2) is 0 Å². The molecule has 0 aliphatic carbocycles. The number of rotatable bonds is 7. The lowest BCUT2D eigenvalue weighted by molar-refractivity contribution is 0.0252. The minimum absolute atomic E-state index is 0.231. The van der Waals surface area contributed by atoms with Crippen LogP contribution in [-0.4, -0.2) is 40.8 Å². The van der Waals surface area contributed by atoms with Crippen molar-refractivity contribution in [2.24, 2.45) is 7.05 Å². The molecule has 0 radical (unpaired) electrons.